The maximum Gasteiger partial charge on any atom is 0.191 e. The summed E-state index contributed by atoms with van der Waals surface area (Å²) >= 11 is 0. The summed E-state index contributed by atoms with van der Waals surface area (Å²) in [5.74, 6) is 4.00. The molecule has 0 aliphatic carbocycles. The molecule has 0 spiro atoms. The number of aryl methyl sites for hydroxylation is 2. The van der Waals surface area contributed by atoms with E-state index in [0.717, 1.165) is 67.8 Å². The second kappa shape index (κ2) is 11.2. The van der Waals surface area contributed by atoms with E-state index in [-0.39, 0.29) is 5.60 Å². The van der Waals surface area contributed by atoms with Crippen molar-refractivity contribution in [2.45, 2.75) is 84.9 Å². The van der Waals surface area contributed by atoms with Gasteiger partial charge in [-0.2, -0.15) is 0 Å². The normalized spacial score (nSPS) is 14.6. The Morgan fingerprint density at radius 2 is 1.97 bits per heavy atom. The minimum atomic E-state index is -0.234. The van der Waals surface area contributed by atoms with Crippen molar-refractivity contribution in [3.05, 3.63) is 41.5 Å². The van der Waals surface area contributed by atoms with Crippen molar-refractivity contribution >= 4 is 5.96 Å². The highest BCUT2D eigenvalue weighted by Gasteiger charge is 2.15. The van der Waals surface area contributed by atoms with Gasteiger partial charge >= 0.3 is 0 Å². The summed E-state index contributed by atoms with van der Waals surface area (Å²) in [5.41, 5.74) is 0.850. The second-order valence-electron chi connectivity index (χ2n) is 9.04. The minimum Gasteiger partial charge on any atom is -0.488 e. The van der Waals surface area contributed by atoms with E-state index in [0.29, 0.717) is 6.54 Å². The lowest BCUT2D eigenvalue weighted by Gasteiger charge is -2.23. The maximum absolute atomic E-state index is 6.09. The van der Waals surface area contributed by atoms with Crippen molar-refractivity contribution in [3.63, 3.8) is 0 Å². The predicted octanol–water partition coefficient (Wildman–Crippen LogP) is 3.87. The Balaban J connectivity index is 1.54. The minimum absolute atomic E-state index is 0.234. The van der Waals surface area contributed by atoms with Crippen LogP contribution in [0.4, 0.5) is 0 Å². The van der Waals surface area contributed by atoms with E-state index in [1.54, 1.807) is 0 Å². The zero-order chi connectivity index (χ0) is 22.1. The first-order chi connectivity index (χ1) is 15.0. The van der Waals surface area contributed by atoms with Crippen LogP contribution in [0.3, 0.4) is 0 Å². The maximum atomic E-state index is 6.09. The summed E-state index contributed by atoms with van der Waals surface area (Å²) in [6.45, 7) is 11.6. The summed E-state index contributed by atoms with van der Waals surface area (Å²) in [7, 11) is 0. The zero-order valence-electron chi connectivity index (χ0n) is 19.6. The van der Waals surface area contributed by atoms with Crippen molar-refractivity contribution in [1.82, 2.24) is 25.4 Å². The number of hydrogen-bond donors (Lipinski definition) is 2. The second-order valence-corrected chi connectivity index (χ2v) is 9.04. The molecule has 0 radical (unpaired) electrons. The number of para-hydroxylation sites is 1. The third-order valence-electron chi connectivity index (χ3n) is 5.20. The fourth-order valence-corrected chi connectivity index (χ4v) is 3.75. The first-order valence-electron chi connectivity index (χ1n) is 11.7. The van der Waals surface area contributed by atoms with Crippen LogP contribution in [0.2, 0.25) is 0 Å². The molecule has 170 valence electrons. The van der Waals surface area contributed by atoms with Crippen LogP contribution in [0.1, 0.15) is 70.6 Å². The number of ether oxygens (including phenoxy) is 1. The van der Waals surface area contributed by atoms with E-state index in [9.17, 15) is 0 Å². The lowest BCUT2D eigenvalue weighted by atomic mass is 10.1. The van der Waals surface area contributed by atoms with Gasteiger partial charge < -0.3 is 19.9 Å². The van der Waals surface area contributed by atoms with Crippen LogP contribution >= 0.6 is 0 Å². The summed E-state index contributed by atoms with van der Waals surface area (Å²) < 4.78 is 8.43. The van der Waals surface area contributed by atoms with Crippen LogP contribution in [0.5, 0.6) is 5.75 Å². The molecule has 0 amide bonds. The van der Waals surface area contributed by atoms with Crippen LogP contribution in [0.15, 0.2) is 29.3 Å². The zero-order valence-corrected chi connectivity index (χ0v) is 19.6. The number of guanidine groups is 1. The van der Waals surface area contributed by atoms with Crippen LogP contribution < -0.4 is 15.4 Å². The summed E-state index contributed by atoms with van der Waals surface area (Å²) in [5, 5.41) is 15.6. The molecule has 2 heterocycles. The van der Waals surface area contributed by atoms with Crippen molar-refractivity contribution in [2.24, 2.45) is 4.99 Å². The van der Waals surface area contributed by atoms with Gasteiger partial charge in [-0.25, -0.2) is 4.99 Å². The smallest absolute Gasteiger partial charge is 0.191 e. The Morgan fingerprint density at radius 1 is 1.13 bits per heavy atom. The topological polar surface area (TPSA) is 76.4 Å². The van der Waals surface area contributed by atoms with E-state index in [2.05, 4.69) is 59.2 Å². The van der Waals surface area contributed by atoms with E-state index < -0.39 is 0 Å². The van der Waals surface area contributed by atoms with Gasteiger partial charge in [0.1, 0.15) is 23.0 Å². The Labute approximate surface area is 186 Å². The van der Waals surface area contributed by atoms with E-state index in [1.165, 1.54) is 19.3 Å². The summed E-state index contributed by atoms with van der Waals surface area (Å²) in [4.78, 5) is 4.77. The first-order valence-corrected chi connectivity index (χ1v) is 11.7. The Bertz CT molecular complexity index is 852. The molecule has 0 saturated heterocycles. The van der Waals surface area contributed by atoms with Crippen LogP contribution in [-0.2, 0) is 25.9 Å². The third-order valence-corrected chi connectivity index (χ3v) is 5.20. The molecule has 0 bridgehead atoms. The summed E-state index contributed by atoms with van der Waals surface area (Å²) in [6.07, 6.45) is 6.73. The fraction of sp³-hybridized carbons (Fsp3) is 0.625. The van der Waals surface area contributed by atoms with Crippen molar-refractivity contribution < 1.29 is 4.74 Å². The molecule has 0 atom stereocenters. The molecule has 2 aromatic rings. The van der Waals surface area contributed by atoms with Gasteiger partial charge in [-0.05, 0) is 53.0 Å². The standard InChI is InChI=1S/C24H38N6O/c1-5-25-23(27-18-19-12-8-9-13-20(19)31-24(2,3)4)26-16-11-15-22-29-28-21-14-7-6-10-17-30(21)22/h8-9,12-13H,5-7,10-11,14-18H2,1-4H3,(H2,25,26,27). The number of fused-ring (bicyclic) bond motifs is 1. The van der Waals surface area contributed by atoms with Crippen LogP contribution in [-0.4, -0.2) is 39.4 Å². The predicted molar refractivity (Wildman–Crippen MR) is 126 cm³/mol. The molecule has 2 N–H and O–H groups in total. The van der Waals surface area contributed by atoms with E-state index >= 15 is 0 Å². The number of benzene rings is 1. The first kappa shape index (κ1) is 23.1. The Morgan fingerprint density at radius 3 is 2.77 bits per heavy atom. The molecule has 0 unspecified atom stereocenters. The van der Waals surface area contributed by atoms with Gasteiger partial charge in [0, 0.05) is 38.0 Å². The molecule has 1 aliphatic heterocycles. The molecule has 1 aromatic carbocycles. The number of aromatic nitrogens is 3. The van der Waals surface area contributed by atoms with Gasteiger partial charge in [0.15, 0.2) is 5.96 Å². The lowest BCUT2D eigenvalue weighted by molar-refractivity contribution is 0.129. The summed E-state index contributed by atoms with van der Waals surface area (Å²) in [6, 6.07) is 8.12. The molecular formula is C24H38N6O. The van der Waals surface area contributed by atoms with Crippen LogP contribution in [0, 0.1) is 0 Å². The average molecular weight is 427 g/mol. The van der Waals surface area contributed by atoms with Gasteiger partial charge in [0.25, 0.3) is 0 Å². The van der Waals surface area contributed by atoms with Gasteiger partial charge in [-0.3, -0.25) is 0 Å². The Hall–Kier alpha value is -2.57. The molecule has 3 rings (SSSR count). The molecule has 7 heteroatoms. The number of nitrogens with zero attached hydrogens (tertiary/aromatic N) is 4. The quantitative estimate of drug-likeness (QED) is 0.381. The Kier molecular flexibility index (Phi) is 8.32. The third kappa shape index (κ3) is 7.26. The number of hydrogen-bond acceptors (Lipinski definition) is 4. The largest absolute Gasteiger partial charge is 0.488 e. The highest BCUT2D eigenvalue weighted by Crippen LogP contribution is 2.23. The highest BCUT2D eigenvalue weighted by atomic mass is 16.5. The molecule has 0 fully saturated rings. The monoisotopic (exact) mass is 426 g/mol. The highest BCUT2D eigenvalue weighted by molar-refractivity contribution is 5.79. The number of aliphatic imine (C=N–C) groups is 1. The van der Waals surface area contributed by atoms with Gasteiger partial charge in [0.05, 0.1) is 6.54 Å². The average Bonchev–Trinajstić information content (AvgIpc) is 2.95. The molecule has 1 aromatic heterocycles. The SMILES string of the molecule is CCNC(=NCc1ccccc1OC(C)(C)C)NCCCc1nnc2n1CCCCC2. The van der Waals surface area contributed by atoms with Crippen molar-refractivity contribution in [2.75, 3.05) is 13.1 Å². The molecule has 0 saturated carbocycles. The van der Waals surface area contributed by atoms with Gasteiger partial charge in [-0.15, -0.1) is 10.2 Å². The molecule has 7 nitrogen and oxygen atoms in total. The fourth-order valence-electron chi connectivity index (χ4n) is 3.75. The van der Waals surface area contributed by atoms with Crippen molar-refractivity contribution in [1.29, 1.82) is 0 Å². The molecular weight excluding hydrogens is 388 g/mol. The van der Waals surface area contributed by atoms with Gasteiger partial charge in [0.2, 0.25) is 0 Å². The van der Waals surface area contributed by atoms with Crippen LogP contribution in [0.25, 0.3) is 0 Å². The molecule has 31 heavy (non-hydrogen) atoms. The number of nitrogens with one attached hydrogen (secondary N) is 2. The lowest BCUT2D eigenvalue weighted by Crippen LogP contribution is -2.38. The molecule has 1 aliphatic rings. The van der Waals surface area contributed by atoms with Gasteiger partial charge in [-0.1, -0.05) is 24.6 Å². The van der Waals surface area contributed by atoms with Crippen molar-refractivity contribution in [3.8, 4) is 5.75 Å². The van der Waals surface area contributed by atoms with E-state index in [1.807, 2.05) is 18.2 Å². The number of rotatable bonds is 8. The van der Waals surface area contributed by atoms with E-state index in [4.69, 9.17) is 9.73 Å².